The van der Waals surface area contributed by atoms with Crippen molar-refractivity contribution in [2.75, 3.05) is 32.7 Å². The third-order valence-electron chi connectivity index (χ3n) is 6.60. The lowest BCUT2D eigenvalue weighted by atomic mass is 9.76. The van der Waals surface area contributed by atoms with E-state index < -0.39 is 11.2 Å². The molecule has 3 aliphatic rings. The molecular formula is C23H38N2O5. The van der Waals surface area contributed by atoms with E-state index in [0.717, 1.165) is 51.7 Å². The quantitative estimate of drug-likeness (QED) is 0.370. The van der Waals surface area contributed by atoms with Crippen LogP contribution in [0.15, 0.2) is 0 Å². The zero-order chi connectivity index (χ0) is 21.8. The number of hydrogen-bond donors (Lipinski definition) is 0. The van der Waals surface area contributed by atoms with Crippen LogP contribution in [0.3, 0.4) is 0 Å². The number of Topliss-reactive ketones (excluding diaryl/α,β-unsaturated/α-hetero) is 1. The van der Waals surface area contributed by atoms with Crippen molar-refractivity contribution in [3.8, 4) is 0 Å². The summed E-state index contributed by atoms with van der Waals surface area (Å²) in [4.78, 5) is 40.5. The molecule has 1 unspecified atom stereocenters. The molecule has 3 fully saturated rings. The van der Waals surface area contributed by atoms with Gasteiger partial charge in [0.25, 0.3) is 0 Å². The molecule has 0 radical (unpaired) electrons. The van der Waals surface area contributed by atoms with E-state index in [1.165, 1.54) is 12.8 Å². The molecule has 170 valence electrons. The van der Waals surface area contributed by atoms with Crippen molar-refractivity contribution in [2.24, 2.45) is 5.92 Å². The van der Waals surface area contributed by atoms with Crippen LogP contribution < -0.4 is 0 Å². The first kappa shape index (κ1) is 23.0. The Balaban J connectivity index is 1.42. The Labute approximate surface area is 180 Å². The van der Waals surface area contributed by atoms with Crippen LogP contribution in [0.1, 0.15) is 78.6 Å². The summed E-state index contributed by atoms with van der Waals surface area (Å²) in [5, 5.41) is 0. The van der Waals surface area contributed by atoms with Crippen molar-refractivity contribution in [3.63, 3.8) is 0 Å². The Bertz CT molecular complexity index is 612. The normalized spacial score (nSPS) is 26.7. The number of ether oxygens (including phenoxy) is 2. The lowest BCUT2D eigenvalue weighted by Gasteiger charge is -2.41. The van der Waals surface area contributed by atoms with E-state index in [1.807, 2.05) is 20.8 Å². The van der Waals surface area contributed by atoms with Crippen molar-refractivity contribution in [3.05, 3.63) is 0 Å². The highest BCUT2D eigenvalue weighted by Gasteiger charge is 2.47. The summed E-state index contributed by atoms with van der Waals surface area (Å²) in [6.07, 6.45) is 7.31. The molecule has 1 aliphatic carbocycles. The highest BCUT2D eigenvalue weighted by Crippen LogP contribution is 2.44. The van der Waals surface area contributed by atoms with Crippen LogP contribution in [0, 0.1) is 5.92 Å². The number of hydrogen-bond acceptors (Lipinski definition) is 6. The van der Waals surface area contributed by atoms with Crippen molar-refractivity contribution in [1.29, 1.82) is 0 Å². The lowest BCUT2D eigenvalue weighted by molar-refractivity contribution is -0.178. The number of esters is 1. The minimum absolute atomic E-state index is 0.0383. The summed E-state index contributed by atoms with van der Waals surface area (Å²) in [7, 11) is 0. The van der Waals surface area contributed by atoms with E-state index in [1.54, 1.807) is 4.90 Å². The number of cyclic esters (lactones) is 1. The van der Waals surface area contributed by atoms with Crippen molar-refractivity contribution in [1.82, 2.24) is 9.80 Å². The van der Waals surface area contributed by atoms with Crippen LogP contribution >= 0.6 is 0 Å². The fourth-order valence-electron chi connectivity index (χ4n) is 5.12. The van der Waals surface area contributed by atoms with Gasteiger partial charge in [-0.2, -0.15) is 0 Å². The molecule has 0 aromatic carbocycles. The van der Waals surface area contributed by atoms with Crippen LogP contribution in [-0.2, 0) is 19.1 Å². The van der Waals surface area contributed by atoms with Crippen molar-refractivity contribution >= 4 is 17.8 Å². The van der Waals surface area contributed by atoms with Gasteiger partial charge in [-0.1, -0.05) is 12.8 Å². The van der Waals surface area contributed by atoms with Gasteiger partial charge in [0.15, 0.2) is 0 Å². The molecule has 7 heteroatoms. The SMILES string of the molecule is CC(C)(C)OC(=O)N1CCN(CCCCC2(C3CCCC3)CC(=O)CC(=O)O2)CC1. The standard InChI is InChI=1S/C23H38N2O5/c1-22(2,3)30-21(28)25-14-12-24(13-15-25)11-7-6-10-23(18-8-4-5-9-18)17-19(26)16-20(27)29-23/h18H,4-17H2,1-3H3. The minimum atomic E-state index is -0.557. The summed E-state index contributed by atoms with van der Waals surface area (Å²) in [6.45, 7) is 9.69. The predicted molar refractivity (Wildman–Crippen MR) is 113 cm³/mol. The fourth-order valence-corrected chi connectivity index (χ4v) is 5.12. The molecule has 0 N–H and O–H groups in total. The number of carbonyl (C=O) groups is 3. The number of carbonyl (C=O) groups excluding carboxylic acids is 3. The second kappa shape index (κ2) is 9.67. The van der Waals surface area contributed by atoms with Crippen molar-refractivity contribution < 1.29 is 23.9 Å². The molecule has 2 aliphatic heterocycles. The fraction of sp³-hybridized carbons (Fsp3) is 0.870. The van der Waals surface area contributed by atoms with Crippen molar-refractivity contribution in [2.45, 2.75) is 89.8 Å². The number of piperazine rings is 1. The summed E-state index contributed by atoms with van der Waals surface area (Å²) in [6, 6.07) is 0. The van der Waals surface area contributed by atoms with E-state index in [9.17, 15) is 14.4 Å². The van der Waals surface area contributed by atoms with E-state index in [4.69, 9.17) is 9.47 Å². The van der Waals surface area contributed by atoms with Gasteiger partial charge in [-0.3, -0.25) is 14.5 Å². The highest BCUT2D eigenvalue weighted by atomic mass is 16.6. The van der Waals surface area contributed by atoms with Gasteiger partial charge in [0.2, 0.25) is 0 Å². The number of nitrogens with zero attached hydrogens (tertiary/aromatic N) is 2. The summed E-state index contributed by atoms with van der Waals surface area (Å²) < 4.78 is 11.3. The number of amides is 1. The molecule has 2 saturated heterocycles. The van der Waals surface area contributed by atoms with E-state index in [0.29, 0.717) is 25.4 Å². The van der Waals surface area contributed by atoms with Gasteiger partial charge in [0, 0.05) is 32.6 Å². The molecule has 1 atom stereocenters. The first-order chi connectivity index (χ1) is 14.2. The average molecular weight is 423 g/mol. The molecule has 1 amide bonds. The molecule has 0 bridgehead atoms. The van der Waals surface area contributed by atoms with Gasteiger partial charge in [-0.25, -0.2) is 4.79 Å². The molecule has 3 rings (SSSR count). The molecule has 2 heterocycles. The van der Waals surface area contributed by atoms with Gasteiger partial charge in [0.1, 0.15) is 23.4 Å². The van der Waals surface area contributed by atoms with E-state index in [-0.39, 0.29) is 24.3 Å². The van der Waals surface area contributed by atoms with Crippen LogP contribution in [0.5, 0.6) is 0 Å². The Morgan fingerprint density at radius 3 is 2.37 bits per heavy atom. The van der Waals surface area contributed by atoms with Gasteiger partial charge >= 0.3 is 12.1 Å². The number of unbranched alkanes of at least 4 members (excludes halogenated alkanes) is 1. The Morgan fingerprint density at radius 2 is 1.77 bits per heavy atom. The summed E-state index contributed by atoms with van der Waals surface area (Å²) in [5.41, 5.74) is -1.02. The van der Waals surface area contributed by atoms with Gasteiger partial charge in [0.05, 0.1) is 0 Å². The maximum atomic E-state index is 12.2. The average Bonchev–Trinajstić information content (AvgIpc) is 3.19. The molecule has 0 aromatic rings. The zero-order valence-electron chi connectivity index (χ0n) is 18.9. The molecule has 0 aromatic heterocycles. The molecular weight excluding hydrogens is 384 g/mol. The second-order valence-corrected chi connectivity index (χ2v) is 10.2. The zero-order valence-corrected chi connectivity index (χ0v) is 18.9. The number of ketones is 1. The Kier molecular flexibility index (Phi) is 7.43. The van der Waals surface area contributed by atoms with Gasteiger partial charge < -0.3 is 14.4 Å². The van der Waals surface area contributed by atoms with E-state index in [2.05, 4.69) is 4.90 Å². The first-order valence-corrected chi connectivity index (χ1v) is 11.6. The van der Waals surface area contributed by atoms with Crippen LogP contribution in [0.25, 0.3) is 0 Å². The lowest BCUT2D eigenvalue weighted by Crippen LogP contribution is -2.50. The third-order valence-corrected chi connectivity index (χ3v) is 6.60. The Morgan fingerprint density at radius 1 is 1.10 bits per heavy atom. The van der Waals surface area contributed by atoms with Crippen LogP contribution in [0.4, 0.5) is 4.79 Å². The maximum absolute atomic E-state index is 12.2. The second-order valence-electron chi connectivity index (χ2n) is 10.2. The smallest absolute Gasteiger partial charge is 0.410 e. The molecule has 0 spiro atoms. The first-order valence-electron chi connectivity index (χ1n) is 11.6. The van der Waals surface area contributed by atoms with Crippen LogP contribution in [-0.4, -0.2) is 71.6 Å². The third kappa shape index (κ3) is 6.19. The molecule has 1 saturated carbocycles. The van der Waals surface area contributed by atoms with Crippen LogP contribution in [0.2, 0.25) is 0 Å². The topological polar surface area (TPSA) is 76.2 Å². The maximum Gasteiger partial charge on any atom is 0.410 e. The Hall–Kier alpha value is -1.63. The molecule has 7 nitrogen and oxygen atoms in total. The summed E-state index contributed by atoms with van der Waals surface area (Å²) >= 11 is 0. The van der Waals surface area contributed by atoms with E-state index >= 15 is 0 Å². The monoisotopic (exact) mass is 422 g/mol. The molecule has 30 heavy (non-hydrogen) atoms. The predicted octanol–water partition coefficient (Wildman–Crippen LogP) is 3.54. The van der Waals surface area contributed by atoms with Gasteiger partial charge in [-0.15, -0.1) is 0 Å². The minimum Gasteiger partial charge on any atom is -0.458 e. The number of rotatable bonds is 6. The summed E-state index contributed by atoms with van der Waals surface area (Å²) in [5.74, 6) is 0.0379. The largest absolute Gasteiger partial charge is 0.458 e. The highest BCUT2D eigenvalue weighted by molar-refractivity contribution is 5.98. The van der Waals surface area contributed by atoms with Gasteiger partial charge in [-0.05, 0) is 65.3 Å².